The van der Waals surface area contributed by atoms with Crippen LogP contribution in [0.4, 0.5) is 8.78 Å². The summed E-state index contributed by atoms with van der Waals surface area (Å²) in [5.41, 5.74) is 1.13. The number of sulfone groups is 1. The van der Waals surface area contributed by atoms with Crippen LogP contribution in [0.3, 0.4) is 0 Å². The van der Waals surface area contributed by atoms with Crippen LogP contribution in [0.25, 0.3) is 0 Å². The van der Waals surface area contributed by atoms with Gasteiger partial charge in [0.05, 0.1) is 11.6 Å². The highest BCUT2D eigenvalue weighted by molar-refractivity contribution is 7.91. The topological polar surface area (TPSA) is 49.4 Å². The molecule has 4 rings (SSSR count). The first kappa shape index (κ1) is 26.0. The smallest absolute Gasteiger partial charge is 0.156 e. The lowest BCUT2D eigenvalue weighted by Gasteiger charge is -2.56. The highest BCUT2D eigenvalue weighted by Gasteiger charge is 2.54. The zero-order valence-corrected chi connectivity index (χ0v) is 21.6. The number of hydrogen-bond acceptors (Lipinski definition) is 4. The van der Waals surface area contributed by atoms with Gasteiger partial charge in [-0.3, -0.25) is 4.90 Å². The second kappa shape index (κ2) is 10.1. The van der Waals surface area contributed by atoms with E-state index < -0.39 is 32.3 Å². The predicted molar refractivity (Wildman–Crippen MR) is 137 cm³/mol. The summed E-state index contributed by atoms with van der Waals surface area (Å²) in [6.07, 6.45) is 1.11. The Morgan fingerprint density at radius 2 is 1.34 bits per heavy atom. The zero-order chi connectivity index (χ0) is 25.4. The first-order chi connectivity index (χ1) is 16.5. The van der Waals surface area contributed by atoms with Crippen molar-refractivity contribution in [1.82, 2.24) is 10.2 Å². The fourth-order valence-electron chi connectivity index (χ4n) is 5.19. The maximum atomic E-state index is 14.1. The maximum absolute atomic E-state index is 14.1. The molecule has 3 aromatic rings. The second-order valence-electron chi connectivity index (χ2n) is 9.01. The monoisotopic (exact) mass is 538 g/mol. The average molecular weight is 539 g/mol. The zero-order valence-electron chi connectivity index (χ0n) is 19.3. The number of hydrogen-bond donors (Lipinski definition) is 1. The average Bonchev–Trinajstić information content (AvgIpc) is 2.73. The first-order valence-electron chi connectivity index (χ1n) is 11.2. The number of likely N-dealkylation sites (tertiary alicyclic amines) is 1. The van der Waals surface area contributed by atoms with Crippen molar-refractivity contribution in [2.24, 2.45) is 0 Å². The Bertz CT molecular complexity index is 1230. The summed E-state index contributed by atoms with van der Waals surface area (Å²) in [7, 11) is -3.74. The van der Waals surface area contributed by atoms with E-state index in [0.717, 1.165) is 35.6 Å². The van der Waals surface area contributed by atoms with Gasteiger partial charge in [-0.2, -0.15) is 0 Å². The van der Waals surface area contributed by atoms with Gasteiger partial charge in [-0.25, -0.2) is 17.2 Å². The Hall–Kier alpha value is -2.03. The summed E-state index contributed by atoms with van der Waals surface area (Å²) >= 11 is 12.2. The fourth-order valence-corrected chi connectivity index (χ4v) is 7.12. The molecule has 1 fully saturated rings. The molecular weight excluding hydrogens is 513 g/mol. The van der Waals surface area contributed by atoms with Crippen molar-refractivity contribution in [3.8, 4) is 0 Å². The van der Waals surface area contributed by atoms with E-state index in [1.807, 2.05) is 55.5 Å². The van der Waals surface area contributed by atoms with E-state index in [-0.39, 0.29) is 11.6 Å². The van der Waals surface area contributed by atoms with Crippen LogP contribution in [0.1, 0.15) is 34.9 Å². The lowest BCUT2D eigenvalue weighted by Crippen LogP contribution is -2.73. The van der Waals surface area contributed by atoms with Gasteiger partial charge in [0, 0.05) is 35.5 Å². The quantitative estimate of drug-likeness (QED) is 0.393. The normalized spacial score (nSPS) is 16.8. The molecule has 1 aliphatic rings. The Kier molecular flexibility index (Phi) is 7.55. The van der Waals surface area contributed by atoms with E-state index in [0.29, 0.717) is 29.7 Å². The molecule has 1 aliphatic heterocycles. The molecule has 0 radical (unpaired) electrons. The molecular formula is C26H26Cl2F2N2O2S. The number of benzene rings is 3. The minimum absolute atomic E-state index is 0.0973. The molecule has 1 atom stereocenters. The molecule has 1 unspecified atom stereocenters. The van der Waals surface area contributed by atoms with Crippen LogP contribution >= 0.6 is 23.2 Å². The summed E-state index contributed by atoms with van der Waals surface area (Å²) in [6.45, 7) is 3.05. The molecule has 1 heterocycles. The van der Waals surface area contributed by atoms with Crippen molar-refractivity contribution in [2.45, 2.75) is 23.8 Å². The molecule has 1 N–H and O–H groups in total. The Morgan fingerprint density at radius 1 is 0.886 bits per heavy atom. The van der Waals surface area contributed by atoms with Gasteiger partial charge in [-0.1, -0.05) is 54.4 Å². The largest absolute Gasteiger partial charge is 0.308 e. The summed E-state index contributed by atoms with van der Waals surface area (Å²) < 4.78 is 54.3. The standard InChI is InChI=1S/C26H26Cl2F2N2O2S/c1-3-31-26(25(35(2,33)34)19-12-22(29)14-23(30)13-19)15-32(16-26)24(17-4-8-20(27)9-5-17)18-6-10-21(28)11-7-18/h4-14,24-25,31H,3,15-16H2,1-2H3. The van der Waals surface area contributed by atoms with Gasteiger partial charge in [0.15, 0.2) is 9.84 Å². The molecule has 1 saturated heterocycles. The number of likely N-dealkylation sites (N-methyl/N-ethyl adjacent to an activating group) is 1. The lowest BCUT2D eigenvalue weighted by molar-refractivity contribution is 0.0143. The molecule has 0 aliphatic carbocycles. The van der Waals surface area contributed by atoms with Crippen molar-refractivity contribution in [3.05, 3.63) is 105 Å². The van der Waals surface area contributed by atoms with Gasteiger partial charge >= 0.3 is 0 Å². The first-order valence-corrected chi connectivity index (χ1v) is 13.9. The van der Waals surface area contributed by atoms with Crippen LogP contribution in [0.5, 0.6) is 0 Å². The fraction of sp³-hybridized carbons (Fsp3) is 0.308. The molecule has 186 valence electrons. The van der Waals surface area contributed by atoms with Crippen LogP contribution in [0, 0.1) is 11.6 Å². The van der Waals surface area contributed by atoms with Crippen LogP contribution in [0.2, 0.25) is 10.0 Å². The number of nitrogens with zero attached hydrogens (tertiary/aromatic N) is 1. The lowest BCUT2D eigenvalue weighted by atomic mass is 9.79. The Morgan fingerprint density at radius 3 is 1.74 bits per heavy atom. The SMILES string of the molecule is CCNC1(C(c2cc(F)cc(F)c2)S(C)(=O)=O)CN(C(c2ccc(Cl)cc2)c2ccc(Cl)cc2)C1. The van der Waals surface area contributed by atoms with Gasteiger partial charge in [0.25, 0.3) is 0 Å². The van der Waals surface area contributed by atoms with Crippen molar-refractivity contribution in [3.63, 3.8) is 0 Å². The van der Waals surface area contributed by atoms with E-state index in [1.165, 1.54) is 0 Å². The third kappa shape index (κ3) is 5.54. The highest BCUT2D eigenvalue weighted by atomic mass is 35.5. The second-order valence-corrected chi connectivity index (χ2v) is 12.0. The third-order valence-corrected chi connectivity index (χ3v) is 8.44. The molecule has 4 nitrogen and oxygen atoms in total. The van der Waals surface area contributed by atoms with Gasteiger partial charge in [0.2, 0.25) is 0 Å². The van der Waals surface area contributed by atoms with Gasteiger partial charge in [-0.15, -0.1) is 0 Å². The van der Waals surface area contributed by atoms with Crippen molar-refractivity contribution in [2.75, 3.05) is 25.9 Å². The molecule has 0 spiro atoms. The summed E-state index contributed by atoms with van der Waals surface area (Å²) in [4.78, 5) is 2.14. The van der Waals surface area contributed by atoms with Gasteiger partial charge in [0.1, 0.15) is 16.9 Å². The Balaban J connectivity index is 1.75. The van der Waals surface area contributed by atoms with Crippen LogP contribution in [0.15, 0.2) is 66.7 Å². The minimum Gasteiger partial charge on any atom is -0.308 e. The maximum Gasteiger partial charge on any atom is 0.156 e. The predicted octanol–water partition coefficient (Wildman–Crippen LogP) is 5.81. The van der Waals surface area contributed by atoms with E-state index in [1.54, 1.807) is 0 Å². The van der Waals surface area contributed by atoms with Crippen molar-refractivity contribution in [1.29, 1.82) is 0 Å². The Labute approximate surface area is 214 Å². The molecule has 0 bridgehead atoms. The van der Waals surface area contributed by atoms with E-state index >= 15 is 0 Å². The molecule has 35 heavy (non-hydrogen) atoms. The van der Waals surface area contributed by atoms with E-state index in [2.05, 4.69) is 10.2 Å². The minimum atomic E-state index is -3.74. The molecule has 9 heteroatoms. The number of halogens is 4. The molecule has 3 aromatic carbocycles. The summed E-state index contributed by atoms with van der Waals surface area (Å²) in [5, 5.41) is 3.43. The van der Waals surface area contributed by atoms with Crippen LogP contribution in [-0.4, -0.2) is 44.7 Å². The molecule has 0 saturated carbocycles. The van der Waals surface area contributed by atoms with E-state index in [9.17, 15) is 17.2 Å². The van der Waals surface area contributed by atoms with Crippen molar-refractivity contribution >= 4 is 33.0 Å². The summed E-state index contributed by atoms with van der Waals surface area (Å²) in [6, 6.07) is 17.7. The van der Waals surface area contributed by atoms with Crippen molar-refractivity contribution < 1.29 is 17.2 Å². The van der Waals surface area contributed by atoms with E-state index in [4.69, 9.17) is 23.2 Å². The number of rotatable bonds is 8. The summed E-state index contributed by atoms with van der Waals surface area (Å²) in [5.74, 6) is -1.62. The highest BCUT2D eigenvalue weighted by Crippen LogP contribution is 2.45. The van der Waals surface area contributed by atoms with Gasteiger partial charge in [-0.05, 0) is 59.6 Å². The van der Waals surface area contributed by atoms with Crippen LogP contribution < -0.4 is 5.32 Å². The molecule has 0 aromatic heterocycles. The third-order valence-electron chi connectivity index (χ3n) is 6.35. The number of nitrogens with one attached hydrogen (secondary N) is 1. The van der Waals surface area contributed by atoms with Crippen LogP contribution in [-0.2, 0) is 9.84 Å². The van der Waals surface area contributed by atoms with Gasteiger partial charge < -0.3 is 5.32 Å². The molecule has 0 amide bonds.